The van der Waals surface area contributed by atoms with Crippen LogP contribution < -0.4 is 0 Å². The second-order valence-electron chi connectivity index (χ2n) is 8.00. The Hall–Kier alpha value is -2.89. The minimum atomic E-state index is -0.831. The number of carbonyl (C=O) groups is 1. The van der Waals surface area contributed by atoms with E-state index in [0.29, 0.717) is 12.1 Å². The van der Waals surface area contributed by atoms with Crippen LogP contribution in [-0.4, -0.2) is 31.2 Å². The number of nitrogens with zero attached hydrogens (tertiary/aromatic N) is 3. The van der Waals surface area contributed by atoms with Gasteiger partial charge in [0.05, 0.1) is 0 Å². The number of aromatic hydroxyl groups is 1. The smallest absolute Gasteiger partial charge is 0.303 e. The zero-order valence-electron chi connectivity index (χ0n) is 16.1. The number of aromatic nitrogens is 3. The molecule has 3 aromatic rings. The second kappa shape index (κ2) is 7.26. The van der Waals surface area contributed by atoms with Gasteiger partial charge in [0.15, 0.2) is 0 Å². The number of hydrogen-bond donors (Lipinski definition) is 2. The van der Waals surface area contributed by atoms with Gasteiger partial charge in [0, 0.05) is 12.0 Å². The highest BCUT2D eigenvalue weighted by Gasteiger charge is 2.33. The summed E-state index contributed by atoms with van der Waals surface area (Å²) in [6.07, 6.45) is 5.96. The van der Waals surface area contributed by atoms with Crippen molar-refractivity contribution < 1.29 is 15.0 Å². The highest BCUT2D eigenvalue weighted by molar-refractivity contribution is 5.74. The number of carboxylic acids is 1. The van der Waals surface area contributed by atoms with Crippen molar-refractivity contribution in [1.29, 1.82) is 0 Å². The van der Waals surface area contributed by atoms with E-state index >= 15 is 0 Å². The molecule has 0 aliphatic heterocycles. The Morgan fingerprint density at radius 2 is 1.75 bits per heavy atom. The highest BCUT2D eigenvalue weighted by atomic mass is 16.4. The summed E-state index contributed by atoms with van der Waals surface area (Å²) in [6.45, 7) is 2.19. The Morgan fingerprint density at radius 1 is 1.11 bits per heavy atom. The van der Waals surface area contributed by atoms with Crippen LogP contribution in [0.1, 0.15) is 56.6 Å². The minimum Gasteiger partial charge on any atom is -0.505 e. The van der Waals surface area contributed by atoms with Gasteiger partial charge in [-0.1, -0.05) is 44.4 Å². The molecule has 0 atom stereocenters. The second-order valence-corrected chi connectivity index (χ2v) is 8.00. The van der Waals surface area contributed by atoms with Crippen molar-refractivity contribution in [2.75, 3.05) is 0 Å². The number of hydrogen-bond acceptors (Lipinski definition) is 4. The van der Waals surface area contributed by atoms with Crippen LogP contribution in [0.4, 0.5) is 0 Å². The van der Waals surface area contributed by atoms with E-state index in [1.807, 2.05) is 36.4 Å². The lowest BCUT2D eigenvalue weighted by atomic mass is 9.70. The number of benzene rings is 2. The van der Waals surface area contributed by atoms with Crippen LogP contribution in [0, 0.1) is 0 Å². The summed E-state index contributed by atoms with van der Waals surface area (Å²) in [5.74, 6) is -0.633. The van der Waals surface area contributed by atoms with Gasteiger partial charge in [0.1, 0.15) is 22.5 Å². The van der Waals surface area contributed by atoms with Crippen molar-refractivity contribution >= 4 is 17.0 Å². The first-order valence-corrected chi connectivity index (χ1v) is 9.87. The fraction of sp³-hybridized carbons (Fsp3) is 0.409. The molecule has 1 fully saturated rings. The molecule has 0 bridgehead atoms. The molecule has 1 heterocycles. The molecule has 1 aliphatic rings. The average Bonchev–Trinajstić information content (AvgIpc) is 3.11. The van der Waals surface area contributed by atoms with Gasteiger partial charge in [-0.25, -0.2) is 0 Å². The van der Waals surface area contributed by atoms with Gasteiger partial charge in [0.25, 0.3) is 0 Å². The standard InChI is InChI=1S/C22H25N3O3/c1-22(11-5-2-6-12-22)16-13-15(9-10-20(26)27)14-19(21(16)28)25-23-17-7-3-4-8-18(17)24-25/h3-4,7-8,13-14,28H,2,5-6,9-12H2,1H3,(H,26,27). The number of rotatable bonds is 5. The first kappa shape index (κ1) is 18.5. The number of carboxylic acid groups (broad SMARTS) is 1. The summed E-state index contributed by atoms with van der Waals surface area (Å²) in [6, 6.07) is 11.4. The fourth-order valence-electron chi connectivity index (χ4n) is 4.25. The monoisotopic (exact) mass is 379 g/mol. The van der Waals surface area contributed by atoms with E-state index in [4.69, 9.17) is 5.11 Å². The molecule has 0 spiro atoms. The van der Waals surface area contributed by atoms with Crippen molar-refractivity contribution in [2.45, 2.75) is 57.3 Å². The lowest BCUT2D eigenvalue weighted by molar-refractivity contribution is -0.136. The Labute approximate surface area is 163 Å². The van der Waals surface area contributed by atoms with Gasteiger partial charge in [0.2, 0.25) is 0 Å². The first-order valence-electron chi connectivity index (χ1n) is 9.87. The molecule has 1 aromatic heterocycles. The molecular weight excluding hydrogens is 354 g/mol. The molecule has 0 unspecified atom stereocenters. The van der Waals surface area contributed by atoms with Gasteiger partial charge in [-0.2, -0.15) is 0 Å². The Bertz CT molecular complexity index is 986. The molecule has 2 aromatic carbocycles. The van der Waals surface area contributed by atoms with Crippen LogP contribution in [0.5, 0.6) is 5.75 Å². The minimum absolute atomic E-state index is 0.0505. The predicted octanol–water partition coefficient (Wildman–Crippen LogP) is 4.37. The highest BCUT2D eigenvalue weighted by Crippen LogP contribution is 2.45. The SMILES string of the molecule is CC1(c2cc(CCC(=O)O)cc(-n3nc4ccccc4n3)c2O)CCCCC1. The largest absolute Gasteiger partial charge is 0.505 e. The van der Waals surface area contributed by atoms with E-state index < -0.39 is 5.97 Å². The van der Waals surface area contributed by atoms with Crippen LogP contribution >= 0.6 is 0 Å². The van der Waals surface area contributed by atoms with Gasteiger partial charge >= 0.3 is 5.97 Å². The maximum atomic E-state index is 11.2. The fourth-order valence-corrected chi connectivity index (χ4v) is 4.25. The summed E-state index contributed by atoms with van der Waals surface area (Å²) in [4.78, 5) is 12.6. The first-order chi connectivity index (χ1) is 13.5. The van der Waals surface area contributed by atoms with E-state index in [0.717, 1.165) is 47.8 Å². The third-order valence-corrected chi connectivity index (χ3v) is 5.89. The van der Waals surface area contributed by atoms with Crippen LogP contribution in [-0.2, 0) is 16.6 Å². The summed E-state index contributed by atoms with van der Waals surface area (Å²) in [5, 5.41) is 29.3. The number of aryl methyl sites for hydroxylation is 1. The summed E-state index contributed by atoms with van der Waals surface area (Å²) in [5.41, 5.74) is 3.67. The molecule has 6 heteroatoms. The quantitative estimate of drug-likeness (QED) is 0.687. The van der Waals surface area contributed by atoms with Crippen LogP contribution in [0.25, 0.3) is 16.7 Å². The maximum absolute atomic E-state index is 11.2. The zero-order chi connectivity index (χ0) is 19.7. The van der Waals surface area contributed by atoms with Crippen LogP contribution in [0.3, 0.4) is 0 Å². The molecular formula is C22H25N3O3. The Morgan fingerprint density at radius 3 is 2.36 bits per heavy atom. The van der Waals surface area contributed by atoms with Crippen molar-refractivity contribution in [3.63, 3.8) is 0 Å². The zero-order valence-corrected chi connectivity index (χ0v) is 16.1. The van der Waals surface area contributed by atoms with Gasteiger partial charge < -0.3 is 10.2 Å². The molecule has 28 heavy (non-hydrogen) atoms. The maximum Gasteiger partial charge on any atom is 0.303 e. The molecule has 0 amide bonds. The predicted molar refractivity (Wildman–Crippen MR) is 107 cm³/mol. The van der Waals surface area contributed by atoms with Crippen LogP contribution in [0.15, 0.2) is 36.4 Å². The molecule has 0 radical (unpaired) electrons. The average molecular weight is 379 g/mol. The van der Waals surface area contributed by atoms with Crippen molar-refractivity contribution in [2.24, 2.45) is 0 Å². The molecule has 1 aliphatic carbocycles. The third kappa shape index (κ3) is 3.46. The van der Waals surface area contributed by atoms with Gasteiger partial charge in [-0.3, -0.25) is 4.79 Å². The number of phenols is 1. The molecule has 2 N–H and O–H groups in total. The van der Waals surface area contributed by atoms with Crippen molar-refractivity contribution in [3.05, 3.63) is 47.5 Å². The molecule has 0 saturated heterocycles. The van der Waals surface area contributed by atoms with E-state index in [-0.39, 0.29) is 17.6 Å². The topological polar surface area (TPSA) is 88.2 Å². The lowest BCUT2D eigenvalue weighted by Crippen LogP contribution is -2.26. The van der Waals surface area contributed by atoms with Gasteiger partial charge in [-0.15, -0.1) is 15.0 Å². The number of phenolic OH excluding ortho intramolecular Hbond substituents is 1. The van der Waals surface area contributed by atoms with E-state index in [1.165, 1.54) is 11.2 Å². The normalized spacial score (nSPS) is 16.3. The number of fused-ring (bicyclic) bond motifs is 1. The summed E-state index contributed by atoms with van der Waals surface area (Å²) >= 11 is 0. The number of aliphatic carboxylic acids is 1. The Balaban J connectivity index is 1.85. The summed E-state index contributed by atoms with van der Waals surface area (Å²) in [7, 11) is 0. The van der Waals surface area contributed by atoms with Gasteiger partial charge in [-0.05, 0) is 48.4 Å². The molecule has 6 nitrogen and oxygen atoms in total. The third-order valence-electron chi connectivity index (χ3n) is 5.89. The molecule has 4 rings (SSSR count). The van der Waals surface area contributed by atoms with E-state index in [2.05, 4.69) is 17.1 Å². The molecule has 1 saturated carbocycles. The summed E-state index contributed by atoms with van der Waals surface area (Å²) < 4.78 is 0. The lowest BCUT2D eigenvalue weighted by Gasteiger charge is -2.35. The van der Waals surface area contributed by atoms with E-state index in [1.54, 1.807) is 0 Å². The van der Waals surface area contributed by atoms with Crippen LogP contribution in [0.2, 0.25) is 0 Å². The van der Waals surface area contributed by atoms with E-state index in [9.17, 15) is 9.90 Å². The Kier molecular flexibility index (Phi) is 4.79. The molecule has 146 valence electrons. The van der Waals surface area contributed by atoms with Crippen molar-refractivity contribution in [1.82, 2.24) is 15.0 Å². The van der Waals surface area contributed by atoms with Crippen molar-refractivity contribution in [3.8, 4) is 11.4 Å².